The smallest absolute Gasteiger partial charge is 0.196 e. The molecule has 0 saturated heterocycles. The molecule has 0 radical (unpaired) electrons. The Labute approximate surface area is 152 Å². The lowest BCUT2D eigenvalue weighted by Crippen LogP contribution is -2.13. The van der Waals surface area contributed by atoms with E-state index in [-0.39, 0.29) is 17.5 Å². The summed E-state index contributed by atoms with van der Waals surface area (Å²) in [6.07, 6.45) is 4.05. The quantitative estimate of drug-likeness (QED) is 0.538. The van der Waals surface area contributed by atoms with Crippen LogP contribution in [-0.2, 0) is 0 Å². The molecule has 3 aromatic rings. The van der Waals surface area contributed by atoms with Gasteiger partial charge in [0.15, 0.2) is 12.0 Å². The van der Waals surface area contributed by atoms with E-state index in [9.17, 15) is 0 Å². The Morgan fingerprint density at radius 1 is 1.00 bits per heavy atom. The van der Waals surface area contributed by atoms with Crippen LogP contribution < -0.4 is 10.1 Å². The summed E-state index contributed by atoms with van der Waals surface area (Å²) < 4.78 is 6.38. The van der Waals surface area contributed by atoms with Crippen molar-refractivity contribution < 1.29 is 4.74 Å². The van der Waals surface area contributed by atoms with Crippen LogP contribution in [0.25, 0.3) is 16.8 Å². The largest absolute Gasteiger partial charge is 0.464 e. The van der Waals surface area contributed by atoms with Gasteiger partial charge in [0.25, 0.3) is 0 Å². The monoisotopic (exact) mass is 347 g/mol. The van der Waals surface area contributed by atoms with Crippen molar-refractivity contribution in [1.82, 2.24) is 0 Å². The maximum absolute atomic E-state index is 6.53. The Bertz CT molecular complexity index is 996. The summed E-state index contributed by atoms with van der Waals surface area (Å²) in [5.41, 5.74) is 4.69. The molecule has 0 amide bonds. The Morgan fingerprint density at radius 3 is 2.64 bits per heavy atom. The van der Waals surface area contributed by atoms with E-state index in [1.807, 2.05) is 18.2 Å². The van der Waals surface area contributed by atoms with Gasteiger partial charge in [-0.05, 0) is 22.6 Å². The maximum atomic E-state index is 6.53. The van der Waals surface area contributed by atoms with Crippen molar-refractivity contribution in [1.29, 1.82) is 0 Å². The first-order chi connectivity index (χ1) is 12.2. The Balaban J connectivity index is 1.70. The average Bonchev–Trinajstić information content (AvgIpc) is 3.09. The third-order valence-electron chi connectivity index (χ3n) is 5.23. The minimum absolute atomic E-state index is 0.00763. The molecule has 0 saturated carbocycles. The number of benzene rings is 3. The molecule has 3 aromatic carbocycles. The first kappa shape index (κ1) is 14.9. The van der Waals surface area contributed by atoms with Crippen LogP contribution in [0.2, 0.25) is 0 Å². The summed E-state index contributed by atoms with van der Waals surface area (Å²) in [5.74, 6) is 1.19. The molecule has 3 atom stereocenters. The van der Waals surface area contributed by atoms with Crippen molar-refractivity contribution in [3.05, 3.63) is 77.4 Å². The van der Waals surface area contributed by atoms with Gasteiger partial charge in [0.05, 0.1) is 11.1 Å². The van der Waals surface area contributed by atoms with Crippen molar-refractivity contribution in [2.45, 2.75) is 24.4 Å². The number of hydrogen-bond donors (Lipinski definition) is 1. The van der Waals surface area contributed by atoms with Crippen LogP contribution in [0.3, 0.4) is 0 Å². The summed E-state index contributed by atoms with van der Waals surface area (Å²) in [6, 6.07) is 18.9. The SMILES string of the molecule is CC1c2c(ccc3ccc4c(c23)OC(c2ccccc2)N4)C=CC1Cl. The summed E-state index contributed by atoms with van der Waals surface area (Å²) in [5, 5.41) is 5.89. The Hall–Kier alpha value is -2.45. The van der Waals surface area contributed by atoms with Gasteiger partial charge in [-0.3, -0.25) is 0 Å². The molecule has 2 aliphatic rings. The number of hydrogen-bond acceptors (Lipinski definition) is 2. The number of allylic oxidation sites excluding steroid dienone is 1. The van der Waals surface area contributed by atoms with Gasteiger partial charge in [0.2, 0.25) is 0 Å². The van der Waals surface area contributed by atoms with E-state index in [1.165, 1.54) is 21.9 Å². The third kappa shape index (κ3) is 2.25. The van der Waals surface area contributed by atoms with Crippen molar-refractivity contribution in [3.63, 3.8) is 0 Å². The van der Waals surface area contributed by atoms with Gasteiger partial charge >= 0.3 is 0 Å². The van der Waals surface area contributed by atoms with Crippen molar-refractivity contribution in [3.8, 4) is 5.75 Å². The number of alkyl halides is 1. The van der Waals surface area contributed by atoms with Gasteiger partial charge in [-0.15, -0.1) is 11.6 Å². The lowest BCUT2D eigenvalue weighted by Gasteiger charge is -2.25. The molecule has 1 N–H and O–H groups in total. The van der Waals surface area contributed by atoms with Crippen LogP contribution in [0, 0.1) is 0 Å². The van der Waals surface area contributed by atoms with Crippen LogP contribution in [0.1, 0.15) is 35.8 Å². The van der Waals surface area contributed by atoms with Gasteiger partial charge in [0, 0.05) is 16.9 Å². The molecule has 3 heteroatoms. The first-order valence-corrected chi connectivity index (χ1v) is 9.06. The highest BCUT2D eigenvalue weighted by Crippen LogP contribution is 2.48. The second-order valence-electron chi connectivity index (χ2n) is 6.75. The molecule has 1 heterocycles. The molecule has 5 rings (SSSR count). The highest BCUT2D eigenvalue weighted by Gasteiger charge is 2.30. The molecular formula is C22H18ClNO. The second-order valence-corrected chi connectivity index (χ2v) is 7.26. The molecule has 0 bridgehead atoms. The fourth-order valence-corrected chi connectivity index (χ4v) is 4.09. The number of rotatable bonds is 1. The fraction of sp³-hybridized carbons (Fsp3) is 0.182. The molecule has 25 heavy (non-hydrogen) atoms. The van der Waals surface area contributed by atoms with Crippen molar-refractivity contribution >= 4 is 34.1 Å². The Kier molecular flexibility index (Phi) is 3.29. The lowest BCUT2D eigenvalue weighted by atomic mass is 9.84. The highest BCUT2D eigenvalue weighted by molar-refractivity contribution is 6.23. The van der Waals surface area contributed by atoms with Gasteiger partial charge in [-0.25, -0.2) is 0 Å². The molecule has 3 unspecified atom stereocenters. The van der Waals surface area contributed by atoms with Gasteiger partial charge in [-0.1, -0.05) is 67.6 Å². The standard InChI is InChI=1S/C22H18ClNO/c1-13-17(23)11-9-14-7-8-15-10-12-18-21(20(15)19(13)14)25-22(24-18)16-5-3-2-4-6-16/h2-13,17,22,24H,1H3. The predicted molar refractivity (Wildman–Crippen MR) is 104 cm³/mol. The molecule has 1 aliphatic carbocycles. The van der Waals surface area contributed by atoms with E-state index in [2.05, 4.69) is 60.8 Å². The van der Waals surface area contributed by atoms with Gasteiger partial charge < -0.3 is 10.1 Å². The van der Waals surface area contributed by atoms with Crippen molar-refractivity contribution in [2.75, 3.05) is 5.32 Å². The maximum Gasteiger partial charge on any atom is 0.196 e. The topological polar surface area (TPSA) is 21.3 Å². The normalized spacial score (nSPS) is 23.7. The number of anilines is 1. The number of ether oxygens (including phenoxy) is 1. The van der Waals surface area contributed by atoms with Crippen LogP contribution in [0.4, 0.5) is 5.69 Å². The van der Waals surface area contributed by atoms with E-state index in [4.69, 9.17) is 16.3 Å². The van der Waals surface area contributed by atoms with E-state index >= 15 is 0 Å². The van der Waals surface area contributed by atoms with E-state index in [0.29, 0.717) is 0 Å². The van der Waals surface area contributed by atoms with Crippen LogP contribution in [0.15, 0.2) is 60.7 Å². The number of fused-ring (bicyclic) bond motifs is 5. The zero-order chi connectivity index (χ0) is 17.0. The van der Waals surface area contributed by atoms with Gasteiger partial charge in [-0.2, -0.15) is 0 Å². The van der Waals surface area contributed by atoms with E-state index in [0.717, 1.165) is 17.0 Å². The van der Waals surface area contributed by atoms with E-state index in [1.54, 1.807) is 0 Å². The molecule has 0 fully saturated rings. The van der Waals surface area contributed by atoms with Gasteiger partial charge in [0.1, 0.15) is 0 Å². The number of halogens is 1. The van der Waals surface area contributed by atoms with Crippen LogP contribution in [-0.4, -0.2) is 5.38 Å². The molecule has 0 aromatic heterocycles. The highest BCUT2D eigenvalue weighted by atomic mass is 35.5. The number of nitrogens with one attached hydrogen (secondary N) is 1. The summed E-state index contributed by atoms with van der Waals surface area (Å²) >= 11 is 6.53. The third-order valence-corrected chi connectivity index (χ3v) is 5.75. The van der Waals surface area contributed by atoms with Crippen molar-refractivity contribution in [2.24, 2.45) is 0 Å². The molecule has 1 aliphatic heterocycles. The minimum Gasteiger partial charge on any atom is -0.464 e. The lowest BCUT2D eigenvalue weighted by molar-refractivity contribution is 0.262. The van der Waals surface area contributed by atoms with Crippen LogP contribution >= 0.6 is 11.6 Å². The average molecular weight is 348 g/mol. The zero-order valence-electron chi connectivity index (χ0n) is 13.9. The molecule has 0 spiro atoms. The molecule has 124 valence electrons. The van der Waals surface area contributed by atoms with E-state index < -0.39 is 0 Å². The Morgan fingerprint density at radius 2 is 1.80 bits per heavy atom. The minimum atomic E-state index is -0.154. The fourth-order valence-electron chi connectivity index (χ4n) is 3.89. The summed E-state index contributed by atoms with van der Waals surface area (Å²) in [4.78, 5) is 0. The second kappa shape index (κ2) is 5.53. The zero-order valence-corrected chi connectivity index (χ0v) is 14.6. The predicted octanol–water partition coefficient (Wildman–Crippen LogP) is 6.08. The van der Waals surface area contributed by atoms with Crippen LogP contribution in [0.5, 0.6) is 5.75 Å². The molecule has 2 nitrogen and oxygen atoms in total. The summed E-state index contributed by atoms with van der Waals surface area (Å²) in [7, 11) is 0. The first-order valence-electron chi connectivity index (χ1n) is 8.62. The molecular weight excluding hydrogens is 330 g/mol. The summed E-state index contributed by atoms with van der Waals surface area (Å²) in [6.45, 7) is 2.19.